The average molecular weight is 262 g/mol. The molecule has 96 valence electrons. The van der Waals surface area contributed by atoms with E-state index in [1.165, 1.54) is 22.5 Å². The monoisotopic (exact) mass is 262 g/mol. The van der Waals surface area contributed by atoms with Crippen molar-refractivity contribution in [2.75, 3.05) is 20.2 Å². The summed E-state index contributed by atoms with van der Waals surface area (Å²) in [5, 5.41) is 1.19. The Morgan fingerprint density at radius 1 is 1.44 bits per heavy atom. The maximum Gasteiger partial charge on any atom is 0.108 e. The van der Waals surface area contributed by atoms with Gasteiger partial charge in [-0.05, 0) is 32.0 Å². The van der Waals surface area contributed by atoms with Crippen molar-refractivity contribution in [1.82, 2.24) is 9.88 Å². The second-order valence-electron chi connectivity index (χ2n) is 4.91. The van der Waals surface area contributed by atoms with Gasteiger partial charge in [0.25, 0.3) is 0 Å². The molecule has 2 heterocycles. The lowest BCUT2D eigenvalue weighted by atomic mass is 10.2. The normalized spacial score (nSPS) is 20.0. The SMILES string of the molecule is CN(Cc1nc2ccccc2s1)C[C@H]1CCCO1. The lowest BCUT2D eigenvalue weighted by Crippen LogP contribution is -2.28. The van der Waals surface area contributed by atoms with Crippen LogP contribution in [-0.4, -0.2) is 36.2 Å². The van der Waals surface area contributed by atoms with Gasteiger partial charge in [0, 0.05) is 13.2 Å². The van der Waals surface area contributed by atoms with Crippen LogP contribution in [0.1, 0.15) is 17.8 Å². The fourth-order valence-electron chi connectivity index (χ4n) is 2.42. The van der Waals surface area contributed by atoms with Crippen LogP contribution >= 0.6 is 11.3 Å². The summed E-state index contributed by atoms with van der Waals surface area (Å²) < 4.78 is 6.94. The van der Waals surface area contributed by atoms with Crippen LogP contribution in [-0.2, 0) is 11.3 Å². The van der Waals surface area contributed by atoms with Crippen molar-refractivity contribution >= 4 is 21.6 Å². The van der Waals surface area contributed by atoms with Crippen molar-refractivity contribution < 1.29 is 4.74 Å². The predicted octanol–water partition coefficient (Wildman–Crippen LogP) is 2.91. The van der Waals surface area contributed by atoms with E-state index in [-0.39, 0.29) is 0 Å². The highest BCUT2D eigenvalue weighted by molar-refractivity contribution is 7.18. The van der Waals surface area contributed by atoms with E-state index in [9.17, 15) is 0 Å². The first-order valence-corrected chi connectivity index (χ1v) is 7.27. The zero-order chi connectivity index (χ0) is 12.4. The summed E-state index contributed by atoms with van der Waals surface area (Å²) in [4.78, 5) is 6.98. The molecule has 4 heteroatoms. The fourth-order valence-corrected chi connectivity index (χ4v) is 3.47. The Hall–Kier alpha value is -0.970. The first kappa shape index (κ1) is 12.1. The minimum atomic E-state index is 0.421. The van der Waals surface area contributed by atoms with Crippen LogP contribution in [0.25, 0.3) is 10.2 Å². The molecule has 0 bridgehead atoms. The van der Waals surface area contributed by atoms with Crippen molar-refractivity contribution in [3.63, 3.8) is 0 Å². The number of likely N-dealkylation sites (N-methyl/N-ethyl adjacent to an activating group) is 1. The molecule has 3 nitrogen and oxygen atoms in total. The van der Waals surface area contributed by atoms with Crippen molar-refractivity contribution in [2.45, 2.75) is 25.5 Å². The molecule has 18 heavy (non-hydrogen) atoms. The number of thiazole rings is 1. The highest BCUT2D eigenvalue weighted by Crippen LogP contribution is 2.22. The standard InChI is InChI=1S/C14H18N2OS/c1-16(9-11-5-4-8-17-11)10-14-15-12-6-2-3-7-13(12)18-14/h2-3,6-7,11H,4-5,8-10H2,1H3/t11-/m1/s1. The van der Waals surface area contributed by atoms with E-state index in [1.807, 2.05) is 6.07 Å². The Kier molecular flexibility index (Phi) is 3.59. The van der Waals surface area contributed by atoms with Gasteiger partial charge in [0.15, 0.2) is 0 Å². The number of hydrogen-bond acceptors (Lipinski definition) is 4. The lowest BCUT2D eigenvalue weighted by molar-refractivity contribution is 0.0793. The van der Waals surface area contributed by atoms with Crippen LogP contribution in [0.3, 0.4) is 0 Å². The summed E-state index contributed by atoms with van der Waals surface area (Å²) in [5.41, 5.74) is 1.11. The highest BCUT2D eigenvalue weighted by atomic mass is 32.1. The van der Waals surface area contributed by atoms with Gasteiger partial charge in [-0.15, -0.1) is 11.3 Å². The van der Waals surface area contributed by atoms with Gasteiger partial charge < -0.3 is 4.74 Å². The van der Waals surface area contributed by atoms with E-state index in [0.29, 0.717) is 6.10 Å². The van der Waals surface area contributed by atoms with Crippen LogP contribution in [0, 0.1) is 0 Å². The molecule has 1 aromatic carbocycles. The quantitative estimate of drug-likeness (QED) is 0.847. The molecule has 0 amide bonds. The molecule has 1 aliphatic heterocycles. The highest BCUT2D eigenvalue weighted by Gasteiger charge is 2.18. The molecule has 0 spiro atoms. The van der Waals surface area contributed by atoms with E-state index in [1.54, 1.807) is 11.3 Å². The number of fused-ring (bicyclic) bond motifs is 1. The minimum Gasteiger partial charge on any atom is -0.377 e. The zero-order valence-corrected chi connectivity index (χ0v) is 11.4. The van der Waals surface area contributed by atoms with Gasteiger partial charge in [-0.3, -0.25) is 4.90 Å². The molecular weight excluding hydrogens is 244 g/mol. The first-order chi connectivity index (χ1) is 8.81. The maximum absolute atomic E-state index is 5.66. The summed E-state index contributed by atoms with van der Waals surface area (Å²) >= 11 is 1.79. The third-order valence-electron chi connectivity index (χ3n) is 3.28. The smallest absolute Gasteiger partial charge is 0.108 e. The predicted molar refractivity (Wildman–Crippen MR) is 74.9 cm³/mol. The minimum absolute atomic E-state index is 0.421. The van der Waals surface area contributed by atoms with Crippen LogP contribution in [0.4, 0.5) is 0 Å². The zero-order valence-electron chi connectivity index (χ0n) is 10.6. The van der Waals surface area contributed by atoms with Crippen molar-refractivity contribution in [2.24, 2.45) is 0 Å². The molecule has 1 saturated heterocycles. The molecule has 1 atom stereocenters. The van der Waals surface area contributed by atoms with Crippen molar-refractivity contribution in [1.29, 1.82) is 0 Å². The summed E-state index contributed by atoms with van der Waals surface area (Å²) in [7, 11) is 2.15. The molecular formula is C14H18N2OS. The Balaban J connectivity index is 1.64. The van der Waals surface area contributed by atoms with Gasteiger partial charge in [0.1, 0.15) is 5.01 Å². The molecule has 3 rings (SSSR count). The number of rotatable bonds is 4. The number of benzene rings is 1. The molecule has 2 aromatic rings. The molecule has 0 saturated carbocycles. The Morgan fingerprint density at radius 2 is 2.33 bits per heavy atom. The van der Waals surface area contributed by atoms with Gasteiger partial charge in [0.05, 0.1) is 22.9 Å². The summed E-state index contributed by atoms with van der Waals surface area (Å²) in [6.45, 7) is 2.86. The van der Waals surface area contributed by atoms with Crippen LogP contribution in [0.5, 0.6) is 0 Å². The molecule has 0 aliphatic carbocycles. The Morgan fingerprint density at radius 3 is 3.11 bits per heavy atom. The van der Waals surface area contributed by atoms with E-state index in [2.05, 4.69) is 35.1 Å². The van der Waals surface area contributed by atoms with Gasteiger partial charge >= 0.3 is 0 Å². The molecule has 0 radical (unpaired) electrons. The molecule has 1 aliphatic rings. The third kappa shape index (κ3) is 2.71. The Labute approximate surface area is 111 Å². The van der Waals surface area contributed by atoms with Crippen molar-refractivity contribution in [3.8, 4) is 0 Å². The van der Waals surface area contributed by atoms with Gasteiger partial charge in [-0.2, -0.15) is 0 Å². The molecule has 1 fully saturated rings. The topological polar surface area (TPSA) is 25.4 Å². The van der Waals surface area contributed by atoms with Gasteiger partial charge in [0.2, 0.25) is 0 Å². The lowest BCUT2D eigenvalue weighted by Gasteiger charge is -2.18. The molecule has 0 unspecified atom stereocenters. The van der Waals surface area contributed by atoms with Gasteiger partial charge in [-0.1, -0.05) is 12.1 Å². The average Bonchev–Trinajstić information content (AvgIpc) is 2.96. The summed E-state index contributed by atoms with van der Waals surface area (Å²) in [6, 6.07) is 8.33. The van der Waals surface area contributed by atoms with Crippen molar-refractivity contribution in [3.05, 3.63) is 29.3 Å². The second kappa shape index (κ2) is 5.34. The number of para-hydroxylation sites is 1. The van der Waals surface area contributed by atoms with E-state index in [0.717, 1.165) is 25.2 Å². The number of hydrogen-bond donors (Lipinski definition) is 0. The first-order valence-electron chi connectivity index (χ1n) is 6.46. The Bertz CT molecular complexity index is 486. The summed E-state index contributed by atoms with van der Waals surface area (Å²) in [5.74, 6) is 0. The van der Waals surface area contributed by atoms with E-state index < -0.39 is 0 Å². The molecule has 0 N–H and O–H groups in total. The van der Waals surface area contributed by atoms with Gasteiger partial charge in [-0.25, -0.2) is 4.98 Å². The largest absolute Gasteiger partial charge is 0.377 e. The second-order valence-corrected chi connectivity index (χ2v) is 6.02. The van der Waals surface area contributed by atoms with Crippen LogP contribution < -0.4 is 0 Å². The maximum atomic E-state index is 5.66. The van der Waals surface area contributed by atoms with E-state index in [4.69, 9.17) is 4.74 Å². The summed E-state index contributed by atoms with van der Waals surface area (Å²) in [6.07, 6.45) is 2.83. The fraction of sp³-hybridized carbons (Fsp3) is 0.500. The number of ether oxygens (including phenoxy) is 1. The van der Waals surface area contributed by atoms with Crippen LogP contribution in [0.15, 0.2) is 24.3 Å². The molecule has 1 aromatic heterocycles. The number of aromatic nitrogens is 1. The number of nitrogens with zero attached hydrogens (tertiary/aromatic N) is 2. The van der Waals surface area contributed by atoms with Crippen LogP contribution in [0.2, 0.25) is 0 Å². The van der Waals surface area contributed by atoms with E-state index >= 15 is 0 Å². The third-order valence-corrected chi connectivity index (χ3v) is 4.30.